The summed E-state index contributed by atoms with van der Waals surface area (Å²) in [5.74, 6) is 0.0182. The SMILES string of the molecule is C[C@@H](C(=O)NCc1ccc(N(C)C)cc1)C1CCN(S(=O)(=O)c2ccc(Cl)s2)CC1. The third-order valence-electron chi connectivity index (χ3n) is 5.68. The van der Waals surface area contributed by atoms with Crippen molar-refractivity contribution in [3.63, 3.8) is 0 Å². The number of amides is 1. The number of hydrogen-bond donors (Lipinski definition) is 1. The quantitative estimate of drug-likeness (QED) is 0.669. The van der Waals surface area contributed by atoms with Crippen LogP contribution in [-0.4, -0.2) is 45.8 Å². The predicted molar refractivity (Wildman–Crippen MR) is 123 cm³/mol. The van der Waals surface area contributed by atoms with Crippen molar-refractivity contribution in [2.24, 2.45) is 11.8 Å². The Balaban J connectivity index is 1.50. The molecule has 1 saturated heterocycles. The second kappa shape index (κ2) is 9.68. The van der Waals surface area contributed by atoms with Crippen molar-refractivity contribution < 1.29 is 13.2 Å². The number of thiophene rings is 1. The number of anilines is 1. The molecule has 2 heterocycles. The van der Waals surface area contributed by atoms with Gasteiger partial charge in [-0.05, 0) is 48.6 Å². The van der Waals surface area contributed by atoms with E-state index in [1.807, 2.05) is 50.2 Å². The second-order valence-corrected chi connectivity index (χ2v) is 11.7. The molecule has 0 unspecified atom stereocenters. The van der Waals surface area contributed by atoms with Crippen molar-refractivity contribution >= 4 is 44.6 Å². The Labute approximate surface area is 187 Å². The summed E-state index contributed by atoms with van der Waals surface area (Å²) in [7, 11) is 0.478. The van der Waals surface area contributed by atoms with E-state index in [4.69, 9.17) is 11.6 Å². The molecule has 0 aliphatic carbocycles. The number of hydrogen-bond acceptors (Lipinski definition) is 5. The molecule has 1 aromatic heterocycles. The molecular weight excluding hydrogens is 442 g/mol. The minimum Gasteiger partial charge on any atom is -0.378 e. The van der Waals surface area contributed by atoms with Crippen molar-refractivity contribution in [1.29, 1.82) is 0 Å². The number of benzene rings is 1. The van der Waals surface area contributed by atoms with Crippen molar-refractivity contribution in [3.05, 3.63) is 46.3 Å². The minimum atomic E-state index is -3.50. The smallest absolute Gasteiger partial charge is 0.252 e. The molecular formula is C21H28ClN3O3S2. The maximum Gasteiger partial charge on any atom is 0.252 e. The fourth-order valence-electron chi connectivity index (χ4n) is 3.66. The number of sulfonamides is 1. The largest absolute Gasteiger partial charge is 0.378 e. The highest BCUT2D eigenvalue weighted by molar-refractivity contribution is 7.91. The molecule has 1 N–H and O–H groups in total. The summed E-state index contributed by atoms with van der Waals surface area (Å²) in [6, 6.07) is 11.2. The van der Waals surface area contributed by atoms with Crippen LogP contribution in [0.15, 0.2) is 40.6 Å². The number of carbonyl (C=O) groups excluding carboxylic acids is 1. The van der Waals surface area contributed by atoms with E-state index in [0.29, 0.717) is 36.8 Å². The zero-order valence-electron chi connectivity index (χ0n) is 17.5. The van der Waals surface area contributed by atoms with Gasteiger partial charge in [-0.15, -0.1) is 11.3 Å². The molecule has 9 heteroatoms. The normalized spacial score (nSPS) is 16.9. The van der Waals surface area contributed by atoms with Crippen LogP contribution >= 0.6 is 22.9 Å². The highest BCUT2D eigenvalue weighted by Gasteiger charge is 2.34. The van der Waals surface area contributed by atoms with Crippen LogP contribution in [0.3, 0.4) is 0 Å². The van der Waals surface area contributed by atoms with E-state index < -0.39 is 10.0 Å². The Morgan fingerprint density at radius 2 is 1.83 bits per heavy atom. The van der Waals surface area contributed by atoms with Crippen molar-refractivity contribution in [2.75, 3.05) is 32.1 Å². The van der Waals surface area contributed by atoms with Gasteiger partial charge in [0.2, 0.25) is 5.91 Å². The first-order valence-corrected chi connectivity index (χ1v) is 12.6. The average molecular weight is 470 g/mol. The second-order valence-electron chi connectivity index (χ2n) is 7.87. The van der Waals surface area contributed by atoms with Crippen molar-refractivity contribution in [1.82, 2.24) is 9.62 Å². The van der Waals surface area contributed by atoms with Gasteiger partial charge in [0, 0.05) is 45.3 Å². The molecule has 0 spiro atoms. The van der Waals surface area contributed by atoms with Crippen LogP contribution in [0.25, 0.3) is 0 Å². The van der Waals surface area contributed by atoms with Gasteiger partial charge in [0.25, 0.3) is 10.0 Å². The van der Waals surface area contributed by atoms with Crippen molar-refractivity contribution in [2.45, 2.75) is 30.5 Å². The Morgan fingerprint density at radius 1 is 1.20 bits per heavy atom. The average Bonchev–Trinajstić information content (AvgIpc) is 3.19. The van der Waals surface area contributed by atoms with Crippen LogP contribution in [0.5, 0.6) is 0 Å². The molecule has 1 atom stereocenters. The molecule has 6 nitrogen and oxygen atoms in total. The highest BCUT2D eigenvalue weighted by Crippen LogP contribution is 2.32. The molecule has 1 amide bonds. The third kappa shape index (κ3) is 5.35. The molecule has 164 valence electrons. The summed E-state index contributed by atoms with van der Waals surface area (Å²) in [5, 5.41) is 3.02. The maximum absolute atomic E-state index is 12.7. The lowest BCUT2D eigenvalue weighted by atomic mass is 9.85. The summed E-state index contributed by atoms with van der Waals surface area (Å²) < 4.78 is 27.7. The van der Waals surface area contributed by atoms with E-state index in [2.05, 4.69) is 5.32 Å². The first-order chi connectivity index (χ1) is 14.2. The van der Waals surface area contributed by atoms with Crippen LogP contribution in [0, 0.1) is 11.8 Å². The van der Waals surface area contributed by atoms with E-state index in [9.17, 15) is 13.2 Å². The van der Waals surface area contributed by atoms with E-state index in [0.717, 1.165) is 22.6 Å². The van der Waals surface area contributed by atoms with Gasteiger partial charge in [-0.1, -0.05) is 30.7 Å². The monoisotopic (exact) mass is 469 g/mol. The fourth-order valence-corrected chi connectivity index (χ4v) is 6.76. The van der Waals surface area contributed by atoms with Crippen LogP contribution < -0.4 is 10.2 Å². The van der Waals surface area contributed by atoms with E-state index in [-0.39, 0.29) is 22.0 Å². The van der Waals surface area contributed by atoms with Crippen LogP contribution in [0.2, 0.25) is 4.34 Å². The van der Waals surface area contributed by atoms with Gasteiger partial charge in [0.05, 0.1) is 4.34 Å². The third-order valence-corrected chi connectivity index (χ3v) is 9.28. The summed E-state index contributed by atoms with van der Waals surface area (Å²) in [6.45, 7) is 3.26. The lowest BCUT2D eigenvalue weighted by Gasteiger charge is -2.33. The Kier molecular flexibility index (Phi) is 7.44. The molecule has 1 aromatic carbocycles. The summed E-state index contributed by atoms with van der Waals surface area (Å²) in [6.07, 6.45) is 1.34. The van der Waals surface area contributed by atoms with Crippen LogP contribution in [-0.2, 0) is 21.4 Å². The zero-order chi connectivity index (χ0) is 21.9. The van der Waals surface area contributed by atoms with Gasteiger partial charge in [0.15, 0.2) is 0 Å². The highest BCUT2D eigenvalue weighted by atomic mass is 35.5. The molecule has 1 fully saturated rings. The molecule has 30 heavy (non-hydrogen) atoms. The lowest BCUT2D eigenvalue weighted by Crippen LogP contribution is -2.42. The Bertz CT molecular complexity index is 966. The molecule has 1 aliphatic rings. The summed E-state index contributed by atoms with van der Waals surface area (Å²) in [4.78, 5) is 14.7. The Morgan fingerprint density at radius 3 is 2.37 bits per heavy atom. The molecule has 3 rings (SSSR count). The zero-order valence-corrected chi connectivity index (χ0v) is 19.9. The molecule has 2 aromatic rings. The number of nitrogens with one attached hydrogen (secondary N) is 1. The van der Waals surface area contributed by atoms with Gasteiger partial charge < -0.3 is 10.2 Å². The maximum atomic E-state index is 12.7. The first kappa shape index (κ1) is 23.1. The van der Waals surface area contributed by atoms with E-state index in [1.54, 1.807) is 12.1 Å². The van der Waals surface area contributed by atoms with Crippen LogP contribution in [0.4, 0.5) is 5.69 Å². The van der Waals surface area contributed by atoms with Gasteiger partial charge in [-0.3, -0.25) is 4.79 Å². The van der Waals surface area contributed by atoms with E-state index >= 15 is 0 Å². The number of halogens is 1. The Hall–Kier alpha value is -1.61. The topological polar surface area (TPSA) is 69.7 Å². The molecule has 0 bridgehead atoms. The first-order valence-electron chi connectivity index (χ1n) is 9.98. The predicted octanol–water partition coefficient (Wildman–Crippen LogP) is 3.82. The lowest BCUT2D eigenvalue weighted by molar-refractivity contribution is -0.126. The van der Waals surface area contributed by atoms with Crippen molar-refractivity contribution in [3.8, 4) is 0 Å². The number of nitrogens with zero attached hydrogens (tertiary/aromatic N) is 2. The summed E-state index contributed by atoms with van der Waals surface area (Å²) in [5.41, 5.74) is 2.17. The van der Waals surface area contributed by atoms with Gasteiger partial charge in [-0.2, -0.15) is 4.31 Å². The minimum absolute atomic E-state index is 0.0121. The number of piperidine rings is 1. The van der Waals surface area contributed by atoms with E-state index in [1.165, 1.54) is 4.31 Å². The van der Waals surface area contributed by atoms with Gasteiger partial charge in [0.1, 0.15) is 4.21 Å². The summed E-state index contributed by atoms with van der Waals surface area (Å²) >= 11 is 6.97. The molecule has 0 saturated carbocycles. The number of carbonyl (C=O) groups is 1. The molecule has 1 aliphatic heterocycles. The number of rotatable bonds is 7. The van der Waals surface area contributed by atoms with Gasteiger partial charge in [-0.25, -0.2) is 8.42 Å². The van der Waals surface area contributed by atoms with Gasteiger partial charge >= 0.3 is 0 Å². The molecule has 0 radical (unpaired) electrons. The standard InChI is InChI=1S/C21H28ClN3O3S2/c1-15(21(26)23-14-16-4-6-18(7-5-16)24(2)3)17-10-12-25(13-11-17)30(27,28)20-9-8-19(22)29-20/h4-9,15,17H,10-14H2,1-3H3,(H,23,26)/t15-/m1/s1. The van der Waals surface area contributed by atoms with Crippen LogP contribution in [0.1, 0.15) is 25.3 Å². The fraction of sp³-hybridized carbons (Fsp3) is 0.476.